The molecular formula is H12Al2O6. The molecule has 0 fully saturated rings. The first-order valence-corrected chi connectivity index (χ1v) is 0.600. The Balaban J connectivity index is -0.00000000500. The van der Waals surface area contributed by atoms with Crippen LogP contribution in [0.5, 0.6) is 0 Å². The van der Waals surface area contributed by atoms with Crippen LogP contribution in [0.3, 0.4) is 0 Å². The van der Waals surface area contributed by atoms with Crippen molar-refractivity contribution < 1.29 is 31.5 Å². The molecule has 0 aliphatic rings. The van der Waals surface area contributed by atoms with Crippen LogP contribution in [0.2, 0.25) is 0 Å². The second-order valence-electron chi connectivity index (χ2n) is 0. The molecule has 0 atom stereocenters. The summed E-state index contributed by atoms with van der Waals surface area (Å²) in [6, 6.07) is 0. The van der Waals surface area contributed by atoms with Gasteiger partial charge in [0.25, 0.3) is 0 Å². The Morgan fingerprint density at radius 1 is 0.375 bits per heavy atom. The molecule has 0 saturated heterocycles. The molecule has 0 aliphatic carbocycles. The van der Waals surface area contributed by atoms with E-state index in [4.69, 9.17) is 31.5 Å². The predicted molar refractivity (Wildman–Crippen MR) is 35.7 cm³/mol. The Kier molecular flexibility index (Phi) is 2470. The Bertz CT molecular complexity index is 6.49. The summed E-state index contributed by atoms with van der Waals surface area (Å²) in [5.74, 6) is 0. The van der Waals surface area contributed by atoms with E-state index in [-0.39, 0.29) is 34.7 Å². The van der Waals surface area contributed by atoms with Crippen LogP contribution < -0.4 is 0 Å². The lowest BCUT2D eigenvalue weighted by molar-refractivity contribution is -0.176. The highest BCUT2D eigenvalue weighted by molar-refractivity contribution is 5.76. The number of rotatable bonds is 0. The third-order valence-electron chi connectivity index (χ3n) is 0. The average molecular weight is 162 g/mol. The van der Waals surface area contributed by atoms with Gasteiger partial charge in [-0.1, -0.05) is 0 Å². The van der Waals surface area contributed by atoms with Gasteiger partial charge in [0, 0.05) is 0 Å². The van der Waals surface area contributed by atoms with E-state index >= 15 is 0 Å². The molecule has 6 N–H and O–H groups in total. The molecule has 0 rings (SSSR count). The highest BCUT2D eigenvalue weighted by atomic mass is 27.0. The van der Waals surface area contributed by atoms with Crippen molar-refractivity contribution >= 4 is 34.7 Å². The maximum Gasteiger partial charge on any atom is 0.187 e. The summed E-state index contributed by atoms with van der Waals surface area (Å²) in [4.78, 5) is 0. The third kappa shape index (κ3) is 340. The van der Waals surface area contributed by atoms with E-state index in [1.54, 1.807) is 0 Å². The average Bonchev–Trinajstić information content (AvgIpc) is 1.81. The molecule has 8 heavy (non-hydrogen) atoms. The Morgan fingerprint density at radius 3 is 0.375 bits per heavy atom. The van der Waals surface area contributed by atoms with E-state index in [9.17, 15) is 0 Å². The van der Waals surface area contributed by atoms with Crippen LogP contribution in [-0.2, 0) is 0 Å². The summed E-state index contributed by atoms with van der Waals surface area (Å²) in [7, 11) is 0. The SMILES string of the molecule is OO.OO.OO.[AlH3].[AlH3]. The van der Waals surface area contributed by atoms with Crippen LogP contribution in [0, 0.1) is 0 Å². The molecule has 0 heterocycles. The lowest BCUT2D eigenvalue weighted by atomic mass is 15.0. The van der Waals surface area contributed by atoms with E-state index in [1.165, 1.54) is 0 Å². The fourth-order valence-electron chi connectivity index (χ4n) is 0. The van der Waals surface area contributed by atoms with Crippen molar-refractivity contribution in [1.82, 2.24) is 0 Å². The fourth-order valence-corrected chi connectivity index (χ4v) is 0. The Morgan fingerprint density at radius 2 is 0.375 bits per heavy atom. The second-order valence-corrected chi connectivity index (χ2v) is 0. The van der Waals surface area contributed by atoms with Crippen LogP contribution in [0.4, 0.5) is 0 Å². The molecule has 6 nitrogen and oxygen atoms in total. The highest BCUT2D eigenvalue weighted by Gasteiger charge is 0.749. The van der Waals surface area contributed by atoms with E-state index in [2.05, 4.69) is 0 Å². The minimum absolute atomic E-state index is 0. The summed E-state index contributed by atoms with van der Waals surface area (Å²) >= 11 is 0. The fraction of sp³-hybridized carbons (Fsp3) is 0. The molecule has 0 aliphatic heterocycles. The number of hydrogen-bond donors (Lipinski definition) is 6. The highest BCUT2D eigenvalue weighted by Crippen LogP contribution is 0.715. The quantitative estimate of drug-likeness (QED) is 0.135. The molecule has 0 aromatic rings. The second kappa shape index (κ2) is 536. The minimum atomic E-state index is 0. The van der Waals surface area contributed by atoms with Crippen molar-refractivity contribution in [3.63, 3.8) is 0 Å². The molecule has 0 radical (unpaired) electrons. The van der Waals surface area contributed by atoms with E-state index < -0.39 is 0 Å². The predicted octanol–water partition coefficient (Wildman–Crippen LogP) is -2.32. The third-order valence-corrected chi connectivity index (χ3v) is 0. The molecule has 0 aromatic heterocycles. The zero-order valence-corrected chi connectivity index (χ0v) is 2.68. The lowest BCUT2D eigenvalue weighted by Crippen LogP contribution is -1.29. The van der Waals surface area contributed by atoms with Gasteiger partial charge in [0.15, 0.2) is 34.7 Å². The summed E-state index contributed by atoms with van der Waals surface area (Å²) in [5.41, 5.74) is 0. The van der Waals surface area contributed by atoms with E-state index in [0.717, 1.165) is 0 Å². The van der Waals surface area contributed by atoms with Gasteiger partial charge in [0.05, 0.1) is 0 Å². The zero-order valence-electron chi connectivity index (χ0n) is 2.68. The maximum absolute atomic E-state index is 6.00. The molecule has 8 heteroatoms. The van der Waals surface area contributed by atoms with E-state index in [0.29, 0.717) is 0 Å². The van der Waals surface area contributed by atoms with Gasteiger partial charge < -0.3 is 0 Å². The van der Waals surface area contributed by atoms with Crippen molar-refractivity contribution in [3.05, 3.63) is 0 Å². The first kappa shape index (κ1) is 36.9. The van der Waals surface area contributed by atoms with Gasteiger partial charge in [-0.3, -0.25) is 31.5 Å². The summed E-state index contributed by atoms with van der Waals surface area (Å²) in [5, 5.41) is 36.0. The van der Waals surface area contributed by atoms with Gasteiger partial charge in [-0.25, -0.2) is 0 Å². The molecule has 0 amide bonds. The van der Waals surface area contributed by atoms with Crippen LogP contribution in [-0.4, -0.2) is 66.3 Å². The molecule has 0 saturated carbocycles. The van der Waals surface area contributed by atoms with E-state index in [1.807, 2.05) is 0 Å². The van der Waals surface area contributed by atoms with Crippen molar-refractivity contribution in [2.24, 2.45) is 0 Å². The number of hydrogen-bond acceptors (Lipinski definition) is 6. The Labute approximate surface area is 66.7 Å². The summed E-state index contributed by atoms with van der Waals surface area (Å²) in [6.07, 6.45) is 0. The van der Waals surface area contributed by atoms with Crippen molar-refractivity contribution in [1.29, 1.82) is 0 Å². The van der Waals surface area contributed by atoms with Gasteiger partial charge in [-0.05, 0) is 0 Å². The smallest absolute Gasteiger partial charge is 0.187 e. The van der Waals surface area contributed by atoms with Crippen molar-refractivity contribution in [3.8, 4) is 0 Å². The summed E-state index contributed by atoms with van der Waals surface area (Å²) < 4.78 is 0. The van der Waals surface area contributed by atoms with Crippen LogP contribution in [0.25, 0.3) is 0 Å². The topological polar surface area (TPSA) is 121 Å². The standard InChI is InChI=1S/2Al.3H2O2.6H/c;;3*1-2;;;;;;/h;;3*1-2H;;;;;;. The first-order valence-electron chi connectivity index (χ1n) is 0.600. The van der Waals surface area contributed by atoms with Crippen LogP contribution in [0.15, 0.2) is 0 Å². The zero-order chi connectivity index (χ0) is 6.00. The first-order chi connectivity index (χ1) is 3.00. The summed E-state index contributed by atoms with van der Waals surface area (Å²) in [6.45, 7) is 0. The maximum atomic E-state index is 6.00. The van der Waals surface area contributed by atoms with Crippen molar-refractivity contribution in [2.75, 3.05) is 0 Å². The normalized spacial score (nSPS) is 2.25. The van der Waals surface area contributed by atoms with Gasteiger partial charge in [-0.15, -0.1) is 0 Å². The van der Waals surface area contributed by atoms with Gasteiger partial charge >= 0.3 is 0 Å². The molecule has 0 bridgehead atoms. The van der Waals surface area contributed by atoms with Crippen LogP contribution >= 0.6 is 0 Å². The molecular weight excluding hydrogens is 150 g/mol. The van der Waals surface area contributed by atoms with Gasteiger partial charge in [-0.2, -0.15) is 0 Å². The molecule has 0 aromatic carbocycles. The minimum Gasteiger partial charge on any atom is -0.255 e. The lowest BCUT2D eigenvalue weighted by Gasteiger charge is -1.25. The van der Waals surface area contributed by atoms with Gasteiger partial charge in [0.1, 0.15) is 0 Å². The van der Waals surface area contributed by atoms with Gasteiger partial charge in [0.2, 0.25) is 0 Å². The largest absolute Gasteiger partial charge is 0.255 e. The van der Waals surface area contributed by atoms with Crippen molar-refractivity contribution in [2.45, 2.75) is 0 Å². The monoisotopic (exact) mass is 162 g/mol. The molecule has 0 unspecified atom stereocenters. The van der Waals surface area contributed by atoms with Crippen LogP contribution in [0.1, 0.15) is 0 Å². The molecule has 54 valence electrons. The molecule has 0 spiro atoms. The Hall–Kier alpha value is 0.825.